The van der Waals surface area contributed by atoms with Crippen LogP contribution in [0.4, 0.5) is 0 Å². The molecule has 0 atom stereocenters. The largest absolute Gasteiger partial charge is 0.311 e. The van der Waals surface area contributed by atoms with Gasteiger partial charge < -0.3 is 4.57 Å². The molecule has 1 aromatic rings. The van der Waals surface area contributed by atoms with E-state index in [1.165, 1.54) is 37.9 Å². The third-order valence-corrected chi connectivity index (χ3v) is 4.07. The molecule has 0 spiro atoms. The molecular formula is C11H16BrN3. The highest BCUT2D eigenvalue weighted by Gasteiger charge is 2.30. The van der Waals surface area contributed by atoms with E-state index in [-0.39, 0.29) is 0 Å². The molecule has 0 unspecified atom stereocenters. The fraction of sp³-hybridized carbons (Fsp3) is 0.818. The van der Waals surface area contributed by atoms with E-state index in [1.54, 1.807) is 0 Å². The first-order valence-electron chi connectivity index (χ1n) is 5.87. The van der Waals surface area contributed by atoms with Crippen LogP contribution in [0.25, 0.3) is 0 Å². The van der Waals surface area contributed by atoms with E-state index >= 15 is 0 Å². The predicted octanol–water partition coefficient (Wildman–Crippen LogP) is 2.85. The van der Waals surface area contributed by atoms with Gasteiger partial charge in [0.2, 0.25) is 0 Å². The molecule has 0 aliphatic heterocycles. The van der Waals surface area contributed by atoms with Crippen LogP contribution in [0.2, 0.25) is 0 Å². The van der Waals surface area contributed by atoms with Gasteiger partial charge in [0, 0.05) is 12.5 Å². The van der Waals surface area contributed by atoms with Crippen LogP contribution in [0.15, 0.2) is 0 Å². The molecule has 1 heterocycles. The van der Waals surface area contributed by atoms with Crippen molar-refractivity contribution in [3.05, 3.63) is 11.6 Å². The van der Waals surface area contributed by atoms with Crippen LogP contribution in [0.5, 0.6) is 0 Å². The quantitative estimate of drug-likeness (QED) is 0.788. The summed E-state index contributed by atoms with van der Waals surface area (Å²) in [6.45, 7) is 0. The van der Waals surface area contributed by atoms with Crippen LogP contribution in [0, 0.1) is 5.92 Å². The number of aromatic nitrogens is 3. The van der Waals surface area contributed by atoms with Crippen molar-refractivity contribution in [2.45, 2.75) is 49.9 Å². The van der Waals surface area contributed by atoms with Crippen LogP contribution in [-0.2, 0) is 11.8 Å². The first-order chi connectivity index (χ1) is 7.38. The zero-order chi connectivity index (χ0) is 10.3. The summed E-state index contributed by atoms with van der Waals surface area (Å²) in [7, 11) is 0. The molecule has 2 aliphatic rings. The lowest BCUT2D eigenvalue weighted by Crippen LogP contribution is -2.17. The lowest BCUT2D eigenvalue weighted by molar-refractivity contribution is 0.305. The summed E-state index contributed by atoms with van der Waals surface area (Å²) >= 11 is 3.49. The summed E-state index contributed by atoms with van der Waals surface area (Å²) in [6, 6.07) is 0.711. The molecule has 0 N–H and O–H groups in total. The van der Waals surface area contributed by atoms with Crippen molar-refractivity contribution in [3.63, 3.8) is 0 Å². The molecule has 3 nitrogen and oxygen atoms in total. The van der Waals surface area contributed by atoms with Crippen molar-refractivity contribution in [1.82, 2.24) is 14.8 Å². The average molecular weight is 270 g/mol. The highest BCUT2D eigenvalue weighted by molar-refractivity contribution is 9.08. The predicted molar refractivity (Wildman–Crippen MR) is 62.0 cm³/mol. The van der Waals surface area contributed by atoms with Gasteiger partial charge in [0.15, 0.2) is 0 Å². The Balaban J connectivity index is 1.82. The standard InChI is InChI=1S/C11H16BrN3/c12-7-11-14-13-10(6-8-2-1-3-8)15(11)9-4-5-9/h8-9H,1-7H2. The van der Waals surface area contributed by atoms with Gasteiger partial charge in [0.05, 0.1) is 5.33 Å². The van der Waals surface area contributed by atoms with E-state index in [0.29, 0.717) is 6.04 Å². The van der Waals surface area contributed by atoms with E-state index in [4.69, 9.17) is 0 Å². The topological polar surface area (TPSA) is 30.7 Å². The van der Waals surface area contributed by atoms with Gasteiger partial charge in [-0.15, -0.1) is 10.2 Å². The SMILES string of the molecule is BrCc1nnc(CC2CCC2)n1C1CC1. The lowest BCUT2D eigenvalue weighted by Gasteiger charge is -2.24. The maximum Gasteiger partial charge on any atom is 0.143 e. The summed E-state index contributed by atoms with van der Waals surface area (Å²) in [5.41, 5.74) is 0. The van der Waals surface area contributed by atoms with E-state index < -0.39 is 0 Å². The van der Waals surface area contributed by atoms with Crippen LogP contribution in [0.1, 0.15) is 49.8 Å². The molecule has 2 aliphatic carbocycles. The van der Waals surface area contributed by atoms with Crippen molar-refractivity contribution in [3.8, 4) is 0 Å². The van der Waals surface area contributed by atoms with Crippen molar-refractivity contribution in [2.75, 3.05) is 0 Å². The zero-order valence-electron chi connectivity index (χ0n) is 8.82. The highest BCUT2D eigenvalue weighted by atomic mass is 79.9. The Labute approximate surface area is 98.4 Å². The number of rotatable bonds is 4. The maximum atomic E-state index is 4.35. The highest BCUT2D eigenvalue weighted by Crippen LogP contribution is 2.38. The second-order valence-electron chi connectivity index (χ2n) is 4.77. The van der Waals surface area contributed by atoms with Gasteiger partial charge in [-0.3, -0.25) is 0 Å². The normalized spacial score (nSPS) is 21.7. The van der Waals surface area contributed by atoms with E-state index in [2.05, 4.69) is 30.7 Å². The maximum absolute atomic E-state index is 4.35. The molecule has 15 heavy (non-hydrogen) atoms. The lowest BCUT2D eigenvalue weighted by atomic mass is 9.83. The third kappa shape index (κ3) is 1.84. The van der Waals surface area contributed by atoms with Crippen molar-refractivity contribution in [1.29, 1.82) is 0 Å². The van der Waals surface area contributed by atoms with Crippen LogP contribution in [0.3, 0.4) is 0 Å². The minimum absolute atomic E-state index is 0.711. The summed E-state index contributed by atoms with van der Waals surface area (Å²) in [4.78, 5) is 0. The zero-order valence-corrected chi connectivity index (χ0v) is 10.4. The Morgan fingerprint density at radius 2 is 1.87 bits per heavy atom. The Morgan fingerprint density at radius 1 is 1.13 bits per heavy atom. The molecule has 0 amide bonds. The summed E-state index contributed by atoms with van der Waals surface area (Å²) in [6.07, 6.45) is 7.97. The van der Waals surface area contributed by atoms with Crippen molar-refractivity contribution in [2.24, 2.45) is 5.92 Å². The number of hydrogen-bond acceptors (Lipinski definition) is 2. The molecule has 82 valence electrons. The molecule has 4 heteroatoms. The van der Waals surface area contributed by atoms with E-state index in [9.17, 15) is 0 Å². The molecule has 0 saturated heterocycles. The Morgan fingerprint density at radius 3 is 2.40 bits per heavy atom. The van der Waals surface area contributed by atoms with Crippen molar-refractivity contribution >= 4 is 15.9 Å². The van der Waals surface area contributed by atoms with Gasteiger partial charge in [-0.25, -0.2) is 0 Å². The minimum Gasteiger partial charge on any atom is -0.311 e. The summed E-state index contributed by atoms with van der Waals surface area (Å²) in [5.74, 6) is 3.23. The second-order valence-corrected chi connectivity index (χ2v) is 5.33. The number of hydrogen-bond donors (Lipinski definition) is 0. The molecular weight excluding hydrogens is 254 g/mol. The van der Waals surface area contributed by atoms with Crippen LogP contribution >= 0.6 is 15.9 Å². The van der Waals surface area contributed by atoms with Gasteiger partial charge >= 0.3 is 0 Å². The molecule has 3 rings (SSSR count). The summed E-state index contributed by atoms with van der Waals surface area (Å²) < 4.78 is 2.38. The van der Waals surface area contributed by atoms with Gasteiger partial charge in [-0.2, -0.15) is 0 Å². The first-order valence-corrected chi connectivity index (χ1v) is 6.99. The Hall–Kier alpha value is -0.380. The van der Waals surface area contributed by atoms with E-state index in [1.807, 2.05) is 0 Å². The number of alkyl halides is 1. The monoisotopic (exact) mass is 269 g/mol. The average Bonchev–Trinajstić information content (AvgIpc) is 2.93. The molecule has 0 aromatic carbocycles. The van der Waals surface area contributed by atoms with Gasteiger partial charge in [-0.05, 0) is 18.8 Å². The Bertz CT molecular complexity index is 353. The third-order valence-electron chi connectivity index (χ3n) is 3.56. The second kappa shape index (κ2) is 3.89. The molecule has 1 aromatic heterocycles. The molecule has 2 saturated carbocycles. The van der Waals surface area contributed by atoms with Gasteiger partial charge in [0.25, 0.3) is 0 Å². The number of halogens is 1. The summed E-state index contributed by atoms with van der Waals surface area (Å²) in [5, 5.41) is 9.46. The first kappa shape index (κ1) is 9.82. The van der Waals surface area contributed by atoms with Gasteiger partial charge in [0.1, 0.15) is 11.6 Å². The molecule has 0 radical (unpaired) electrons. The Kier molecular flexibility index (Phi) is 2.54. The van der Waals surface area contributed by atoms with Crippen LogP contribution < -0.4 is 0 Å². The van der Waals surface area contributed by atoms with Gasteiger partial charge in [-0.1, -0.05) is 35.2 Å². The number of nitrogens with zero attached hydrogens (tertiary/aromatic N) is 3. The minimum atomic E-state index is 0.711. The fourth-order valence-electron chi connectivity index (χ4n) is 2.30. The molecule has 0 bridgehead atoms. The smallest absolute Gasteiger partial charge is 0.143 e. The molecule has 2 fully saturated rings. The van der Waals surface area contributed by atoms with Crippen molar-refractivity contribution < 1.29 is 0 Å². The fourth-order valence-corrected chi connectivity index (χ4v) is 2.68. The van der Waals surface area contributed by atoms with Crippen LogP contribution in [-0.4, -0.2) is 14.8 Å². The van der Waals surface area contributed by atoms with E-state index in [0.717, 1.165) is 23.5 Å².